The van der Waals surface area contributed by atoms with Crippen LogP contribution in [0.4, 0.5) is 0 Å². The van der Waals surface area contributed by atoms with Gasteiger partial charge in [-0.1, -0.05) is 64.5 Å². The van der Waals surface area contributed by atoms with Gasteiger partial charge in [-0.15, -0.1) is 12.4 Å². The Morgan fingerprint density at radius 3 is 2.12 bits per heavy atom. The van der Waals surface area contributed by atoms with Crippen molar-refractivity contribution >= 4 is 28.3 Å². The summed E-state index contributed by atoms with van der Waals surface area (Å²) in [7, 11) is 1.98. The molecule has 2 rings (SSSR count). The molecule has 0 aromatic heterocycles. The Kier molecular flexibility index (Phi) is 5.69. The molecule has 0 saturated heterocycles. The first-order valence-corrected chi connectivity index (χ1v) is 6.09. The maximum absolute atomic E-state index is 3.59. The number of benzene rings is 2. The van der Waals surface area contributed by atoms with Gasteiger partial charge in [0, 0.05) is 4.47 Å². The van der Waals surface area contributed by atoms with Gasteiger partial charge in [-0.25, -0.2) is 0 Å². The van der Waals surface area contributed by atoms with Crippen molar-refractivity contribution in [1.29, 1.82) is 0 Å². The van der Waals surface area contributed by atoms with E-state index in [2.05, 4.69) is 63.7 Å². The third-order valence-corrected chi connectivity index (χ3v) is 3.36. The zero-order valence-electron chi connectivity index (χ0n) is 9.56. The molecule has 3 heteroatoms. The first kappa shape index (κ1) is 14.2. The summed E-state index contributed by atoms with van der Waals surface area (Å²) in [5.41, 5.74) is 2.54. The summed E-state index contributed by atoms with van der Waals surface area (Å²) in [6.45, 7) is 0. The van der Waals surface area contributed by atoms with E-state index >= 15 is 0 Å². The lowest BCUT2D eigenvalue weighted by Crippen LogP contribution is -2.17. The molecular weight excluding hydrogens is 298 g/mol. The molecule has 0 aliphatic heterocycles. The van der Waals surface area contributed by atoms with Crippen molar-refractivity contribution in [3.8, 4) is 0 Å². The highest BCUT2D eigenvalue weighted by atomic mass is 79.9. The average Bonchev–Trinajstić information content (AvgIpc) is 2.34. The van der Waals surface area contributed by atoms with Crippen molar-refractivity contribution in [1.82, 2.24) is 5.32 Å². The van der Waals surface area contributed by atoms with Gasteiger partial charge in [-0.05, 0) is 24.2 Å². The van der Waals surface area contributed by atoms with E-state index in [1.807, 2.05) is 19.2 Å². The Morgan fingerprint density at radius 1 is 0.941 bits per heavy atom. The second kappa shape index (κ2) is 6.80. The van der Waals surface area contributed by atoms with Crippen molar-refractivity contribution < 1.29 is 0 Å². The van der Waals surface area contributed by atoms with Crippen molar-refractivity contribution in [3.05, 3.63) is 70.2 Å². The molecule has 1 N–H and O–H groups in total. The Hall–Kier alpha value is -0.830. The standard InChI is InChI=1S/C14H14BrN.ClH/c1-16-14(11-7-3-2-4-8-11)12-9-5-6-10-13(12)15;/h2-10,14,16H,1H3;1H. The van der Waals surface area contributed by atoms with Crippen LogP contribution >= 0.6 is 28.3 Å². The summed E-state index contributed by atoms with van der Waals surface area (Å²) in [4.78, 5) is 0. The summed E-state index contributed by atoms with van der Waals surface area (Å²) in [6.07, 6.45) is 0. The number of rotatable bonds is 3. The zero-order valence-corrected chi connectivity index (χ0v) is 12.0. The molecule has 2 aromatic carbocycles. The number of hydrogen-bond donors (Lipinski definition) is 1. The van der Waals surface area contributed by atoms with Gasteiger partial charge in [0.15, 0.2) is 0 Å². The molecule has 90 valence electrons. The van der Waals surface area contributed by atoms with Gasteiger partial charge >= 0.3 is 0 Å². The lowest BCUT2D eigenvalue weighted by molar-refractivity contribution is 0.689. The number of nitrogens with one attached hydrogen (secondary N) is 1. The number of halogens is 2. The van der Waals surface area contributed by atoms with E-state index in [0.717, 1.165) is 4.47 Å². The van der Waals surface area contributed by atoms with Gasteiger partial charge in [-0.2, -0.15) is 0 Å². The molecule has 0 radical (unpaired) electrons. The first-order chi connectivity index (χ1) is 7.83. The van der Waals surface area contributed by atoms with Crippen LogP contribution < -0.4 is 5.32 Å². The lowest BCUT2D eigenvalue weighted by Gasteiger charge is -2.18. The summed E-state index contributed by atoms with van der Waals surface area (Å²) in [5.74, 6) is 0. The van der Waals surface area contributed by atoms with Gasteiger partial charge in [0.05, 0.1) is 6.04 Å². The number of hydrogen-bond acceptors (Lipinski definition) is 1. The third-order valence-electron chi connectivity index (χ3n) is 2.64. The highest BCUT2D eigenvalue weighted by molar-refractivity contribution is 9.10. The van der Waals surface area contributed by atoms with Gasteiger partial charge in [0.25, 0.3) is 0 Å². The molecule has 0 spiro atoms. The van der Waals surface area contributed by atoms with Crippen molar-refractivity contribution in [2.45, 2.75) is 6.04 Å². The summed E-state index contributed by atoms with van der Waals surface area (Å²) >= 11 is 3.59. The van der Waals surface area contributed by atoms with Crippen LogP contribution in [-0.4, -0.2) is 7.05 Å². The average molecular weight is 313 g/mol. The Labute approximate surface area is 117 Å². The quantitative estimate of drug-likeness (QED) is 0.896. The third kappa shape index (κ3) is 3.32. The Balaban J connectivity index is 0.00000144. The van der Waals surface area contributed by atoms with Gasteiger partial charge in [0.2, 0.25) is 0 Å². The summed E-state index contributed by atoms with van der Waals surface area (Å²) < 4.78 is 1.14. The molecule has 17 heavy (non-hydrogen) atoms. The van der Waals surface area contributed by atoms with Gasteiger partial charge < -0.3 is 5.32 Å². The summed E-state index contributed by atoms with van der Waals surface area (Å²) in [6, 6.07) is 19.0. The van der Waals surface area contributed by atoms with Crippen LogP contribution in [0.3, 0.4) is 0 Å². The molecule has 0 aliphatic carbocycles. The molecule has 2 aromatic rings. The maximum atomic E-state index is 3.59. The molecule has 0 saturated carbocycles. The molecule has 1 atom stereocenters. The van der Waals surface area contributed by atoms with Crippen LogP contribution in [-0.2, 0) is 0 Å². The fraction of sp³-hybridized carbons (Fsp3) is 0.143. The van der Waals surface area contributed by atoms with Crippen molar-refractivity contribution in [2.24, 2.45) is 0 Å². The normalized spacial score (nSPS) is 11.6. The second-order valence-electron chi connectivity index (χ2n) is 3.65. The van der Waals surface area contributed by atoms with E-state index < -0.39 is 0 Å². The van der Waals surface area contributed by atoms with Crippen molar-refractivity contribution in [3.63, 3.8) is 0 Å². The minimum Gasteiger partial charge on any atom is -0.309 e. The molecule has 1 nitrogen and oxygen atoms in total. The molecule has 0 fully saturated rings. The van der Waals surface area contributed by atoms with E-state index in [-0.39, 0.29) is 18.4 Å². The van der Waals surface area contributed by atoms with Crippen molar-refractivity contribution in [2.75, 3.05) is 7.05 Å². The van der Waals surface area contributed by atoms with Crippen LogP contribution in [0.25, 0.3) is 0 Å². The molecule has 0 heterocycles. The van der Waals surface area contributed by atoms with E-state index in [9.17, 15) is 0 Å². The SMILES string of the molecule is CNC(c1ccccc1)c1ccccc1Br.Cl. The van der Waals surface area contributed by atoms with Crippen LogP contribution in [0, 0.1) is 0 Å². The smallest absolute Gasteiger partial charge is 0.0585 e. The van der Waals surface area contributed by atoms with Crippen LogP contribution in [0.5, 0.6) is 0 Å². The molecule has 1 unspecified atom stereocenters. The van der Waals surface area contributed by atoms with Gasteiger partial charge in [0.1, 0.15) is 0 Å². The molecule has 0 bridgehead atoms. The Morgan fingerprint density at radius 2 is 1.53 bits per heavy atom. The molecule has 0 amide bonds. The second-order valence-corrected chi connectivity index (χ2v) is 4.51. The van der Waals surface area contributed by atoms with E-state index in [4.69, 9.17) is 0 Å². The van der Waals surface area contributed by atoms with Gasteiger partial charge in [-0.3, -0.25) is 0 Å². The van der Waals surface area contributed by atoms with Crippen LogP contribution in [0.1, 0.15) is 17.2 Å². The highest BCUT2D eigenvalue weighted by Crippen LogP contribution is 2.27. The lowest BCUT2D eigenvalue weighted by atomic mass is 9.99. The van der Waals surface area contributed by atoms with Crippen LogP contribution in [0.15, 0.2) is 59.1 Å². The first-order valence-electron chi connectivity index (χ1n) is 5.29. The predicted molar refractivity (Wildman–Crippen MR) is 78.7 cm³/mol. The topological polar surface area (TPSA) is 12.0 Å². The van der Waals surface area contributed by atoms with Crippen LogP contribution in [0.2, 0.25) is 0 Å². The predicted octanol–water partition coefficient (Wildman–Crippen LogP) is 4.18. The van der Waals surface area contributed by atoms with E-state index in [1.54, 1.807) is 0 Å². The van der Waals surface area contributed by atoms with E-state index in [1.165, 1.54) is 11.1 Å². The monoisotopic (exact) mass is 311 g/mol. The Bertz CT molecular complexity index is 459. The largest absolute Gasteiger partial charge is 0.309 e. The maximum Gasteiger partial charge on any atom is 0.0585 e. The summed E-state index contributed by atoms with van der Waals surface area (Å²) in [5, 5.41) is 3.35. The minimum absolute atomic E-state index is 0. The minimum atomic E-state index is 0. The van der Waals surface area contributed by atoms with E-state index in [0.29, 0.717) is 0 Å². The molecule has 0 aliphatic rings. The fourth-order valence-electron chi connectivity index (χ4n) is 1.86. The highest BCUT2D eigenvalue weighted by Gasteiger charge is 2.13. The molecular formula is C14H15BrClN. The zero-order chi connectivity index (χ0) is 11.4. The fourth-order valence-corrected chi connectivity index (χ4v) is 2.37.